The van der Waals surface area contributed by atoms with Gasteiger partial charge in [-0.3, -0.25) is 9.88 Å². The minimum Gasteiger partial charge on any atom is -0.385 e. The van der Waals surface area contributed by atoms with Crippen molar-refractivity contribution in [1.29, 1.82) is 0 Å². The molecule has 0 spiro atoms. The van der Waals surface area contributed by atoms with Gasteiger partial charge in [-0.05, 0) is 55.0 Å². The highest BCUT2D eigenvalue weighted by molar-refractivity contribution is 5.21. The van der Waals surface area contributed by atoms with Crippen LogP contribution in [0.25, 0.3) is 0 Å². The third-order valence-corrected chi connectivity index (χ3v) is 6.92. The van der Waals surface area contributed by atoms with E-state index < -0.39 is 5.60 Å². The van der Waals surface area contributed by atoms with Gasteiger partial charge in [0, 0.05) is 30.0 Å². The first kappa shape index (κ1) is 17.3. The first-order chi connectivity index (χ1) is 13.2. The first-order valence-electron chi connectivity index (χ1n) is 10.4. The van der Waals surface area contributed by atoms with Gasteiger partial charge in [0.15, 0.2) is 5.82 Å². The number of hydrogen-bond acceptors (Lipinski definition) is 6. The van der Waals surface area contributed by atoms with Gasteiger partial charge in [-0.2, -0.15) is 0 Å². The molecule has 2 bridgehead atoms. The van der Waals surface area contributed by atoms with E-state index in [9.17, 15) is 5.11 Å². The predicted octanol–water partition coefficient (Wildman–Crippen LogP) is 2.59. The number of rotatable bonds is 4. The summed E-state index contributed by atoms with van der Waals surface area (Å²) in [4.78, 5) is 6.75. The van der Waals surface area contributed by atoms with Crippen LogP contribution < -0.4 is 0 Å². The summed E-state index contributed by atoms with van der Waals surface area (Å²) in [6.45, 7) is 0.794. The minimum absolute atomic E-state index is 0.380. The summed E-state index contributed by atoms with van der Waals surface area (Å²) in [5.41, 5.74) is 0.194. The zero-order valence-corrected chi connectivity index (χ0v) is 15.7. The van der Waals surface area contributed by atoms with E-state index in [1.165, 1.54) is 32.1 Å². The molecule has 27 heavy (non-hydrogen) atoms. The molecule has 2 aromatic heterocycles. The second kappa shape index (κ2) is 6.95. The summed E-state index contributed by atoms with van der Waals surface area (Å²) in [5, 5.41) is 24.0. The van der Waals surface area contributed by atoms with Crippen molar-refractivity contribution in [3.05, 3.63) is 35.9 Å². The molecule has 0 aromatic carbocycles. The van der Waals surface area contributed by atoms with Crippen molar-refractivity contribution in [3.8, 4) is 0 Å². The van der Waals surface area contributed by atoms with Crippen LogP contribution in [-0.4, -0.2) is 47.3 Å². The van der Waals surface area contributed by atoms with Crippen LogP contribution in [0.4, 0.5) is 0 Å². The van der Waals surface area contributed by atoms with E-state index in [2.05, 4.69) is 30.1 Å². The van der Waals surface area contributed by atoms with Crippen LogP contribution in [-0.2, 0) is 12.1 Å². The molecule has 1 saturated carbocycles. The van der Waals surface area contributed by atoms with Crippen LogP contribution in [0.2, 0.25) is 0 Å². The number of nitrogens with zero attached hydrogens (tertiary/aromatic N) is 6. The van der Waals surface area contributed by atoms with Crippen molar-refractivity contribution in [2.75, 3.05) is 0 Å². The monoisotopic (exact) mass is 368 g/mol. The molecule has 0 amide bonds. The molecule has 2 unspecified atom stereocenters. The lowest BCUT2D eigenvalue weighted by atomic mass is 9.81. The van der Waals surface area contributed by atoms with Crippen LogP contribution in [0.15, 0.2) is 24.5 Å². The van der Waals surface area contributed by atoms with E-state index in [1.54, 1.807) is 6.20 Å². The van der Waals surface area contributed by atoms with Crippen LogP contribution >= 0.6 is 0 Å². The molecule has 2 aliphatic heterocycles. The minimum atomic E-state index is -0.758. The number of pyridine rings is 1. The Labute approximate surface area is 159 Å². The molecule has 5 rings (SSSR count). The highest BCUT2D eigenvalue weighted by Crippen LogP contribution is 2.46. The molecule has 3 fully saturated rings. The number of tetrazole rings is 1. The van der Waals surface area contributed by atoms with E-state index >= 15 is 0 Å². The second-order valence-electron chi connectivity index (χ2n) is 8.57. The van der Waals surface area contributed by atoms with Crippen LogP contribution in [0.5, 0.6) is 0 Å². The zero-order valence-electron chi connectivity index (χ0n) is 15.7. The molecule has 2 aromatic rings. The number of aliphatic hydroxyl groups is 1. The molecule has 1 aliphatic carbocycles. The predicted molar refractivity (Wildman–Crippen MR) is 99.7 cm³/mol. The molecule has 7 heteroatoms. The Kier molecular flexibility index (Phi) is 4.44. The lowest BCUT2D eigenvalue weighted by molar-refractivity contribution is -0.0607. The quantitative estimate of drug-likeness (QED) is 0.893. The highest BCUT2D eigenvalue weighted by Gasteiger charge is 2.48. The van der Waals surface area contributed by atoms with Crippen LogP contribution in [0.1, 0.15) is 75.2 Å². The van der Waals surface area contributed by atoms with E-state index in [1.807, 2.05) is 18.3 Å². The highest BCUT2D eigenvalue weighted by atomic mass is 16.3. The van der Waals surface area contributed by atoms with Gasteiger partial charge >= 0.3 is 0 Å². The Morgan fingerprint density at radius 1 is 1.04 bits per heavy atom. The van der Waals surface area contributed by atoms with E-state index in [0.717, 1.165) is 43.6 Å². The number of piperidine rings is 1. The van der Waals surface area contributed by atoms with Gasteiger partial charge in [0.1, 0.15) is 0 Å². The van der Waals surface area contributed by atoms with E-state index in [4.69, 9.17) is 0 Å². The van der Waals surface area contributed by atoms with Crippen molar-refractivity contribution < 1.29 is 5.11 Å². The van der Waals surface area contributed by atoms with Gasteiger partial charge in [0.05, 0.1) is 18.2 Å². The van der Waals surface area contributed by atoms with Crippen molar-refractivity contribution in [3.63, 3.8) is 0 Å². The fourth-order valence-corrected chi connectivity index (χ4v) is 5.54. The summed E-state index contributed by atoms with van der Waals surface area (Å²) in [7, 11) is 0. The number of hydrogen-bond donors (Lipinski definition) is 1. The number of fused-ring (bicyclic) bond motifs is 2. The molecule has 2 saturated heterocycles. The lowest BCUT2D eigenvalue weighted by Gasteiger charge is -2.43. The number of aromatic nitrogens is 5. The molecule has 0 radical (unpaired) electrons. The van der Waals surface area contributed by atoms with Gasteiger partial charge in [0.25, 0.3) is 0 Å². The summed E-state index contributed by atoms with van der Waals surface area (Å²) in [6.07, 6.45) is 13.6. The van der Waals surface area contributed by atoms with Crippen LogP contribution in [0.3, 0.4) is 0 Å². The van der Waals surface area contributed by atoms with Crippen LogP contribution in [0, 0.1) is 0 Å². The smallest absolute Gasteiger partial charge is 0.165 e. The molecular formula is C20H28N6O. The SMILES string of the molecule is OC1(c2cccnc2)CC2CCC(C1)N2Cc1nnnn1C1CCCCC1. The van der Waals surface area contributed by atoms with Crippen molar-refractivity contribution in [2.24, 2.45) is 0 Å². The Morgan fingerprint density at radius 2 is 1.81 bits per heavy atom. The Hall–Kier alpha value is -1.86. The topological polar surface area (TPSA) is 80.0 Å². The molecule has 4 heterocycles. The van der Waals surface area contributed by atoms with Gasteiger partial charge < -0.3 is 5.11 Å². The molecular weight excluding hydrogens is 340 g/mol. The molecule has 2 atom stereocenters. The molecule has 1 N–H and O–H groups in total. The third kappa shape index (κ3) is 3.17. The average molecular weight is 368 g/mol. The normalized spacial score (nSPS) is 32.0. The maximum atomic E-state index is 11.3. The third-order valence-electron chi connectivity index (χ3n) is 6.92. The fraction of sp³-hybridized carbons (Fsp3) is 0.700. The average Bonchev–Trinajstić information content (AvgIpc) is 3.27. The standard InChI is InChI=1S/C20H28N6O/c27-20(15-5-4-10-21-13-15)11-17-8-9-18(12-20)25(17)14-19-22-23-24-26(19)16-6-2-1-3-7-16/h4-5,10,13,16-18,27H,1-3,6-9,11-12,14H2. The van der Waals surface area contributed by atoms with Crippen molar-refractivity contribution >= 4 is 0 Å². The first-order valence-corrected chi connectivity index (χ1v) is 10.4. The van der Waals surface area contributed by atoms with E-state index in [0.29, 0.717) is 18.1 Å². The van der Waals surface area contributed by atoms with Gasteiger partial charge in [-0.25, -0.2) is 4.68 Å². The summed E-state index contributed by atoms with van der Waals surface area (Å²) in [6, 6.07) is 5.14. The second-order valence-corrected chi connectivity index (χ2v) is 8.57. The Balaban J connectivity index is 1.33. The maximum absolute atomic E-state index is 11.3. The van der Waals surface area contributed by atoms with E-state index in [-0.39, 0.29) is 0 Å². The Bertz CT molecular complexity index is 758. The van der Waals surface area contributed by atoms with Gasteiger partial charge in [0.2, 0.25) is 0 Å². The zero-order chi connectivity index (χ0) is 18.3. The fourth-order valence-electron chi connectivity index (χ4n) is 5.54. The van der Waals surface area contributed by atoms with Gasteiger partial charge in [-0.1, -0.05) is 25.3 Å². The Morgan fingerprint density at radius 3 is 2.52 bits per heavy atom. The summed E-state index contributed by atoms with van der Waals surface area (Å²) < 4.78 is 2.08. The van der Waals surface area contributed by atoms with Crippen molar-refractivity contribution in [2.45, 2.75) is 88.1 Å². The molecule has 3 aliphatic rings. The van der Waals surface area contributed by atoms with Gasteiger partial charge in [-0.15, -0.1) is 5.10 Å². The molecule has 7 nitrogen and oxygen atoms in total. The lowest BCUT2D eigenvalue weighted by Crippen LogP contribution is -2.49. The maximum Gasteiger partial charge on any atom is 0.165 e. The summed E-state index contributed by atoms with van der Waals surface area (Å²) >= 11 is 0. The van der Waals surface area contributed by atoms with Crippen molar-refractivity contribution in [1.82, 2.24) is 30.1 Å². The largest absolute Gasteiger partial charge is 0.385 e. The molecule has 144 valence electrons. The summed E-state index contributed by atoms with van der Waals surface area (Å²) in [5.74, 6) is 0.991.